The van der Waals surface area contributed by atoms with Gasteiger partial charge in [-0.05, 0) is 55.2 Å². The number of carbonyl (C=O) groups excluding carboxylic acids is 1. The monoisotopic (exact) mass is 442 g/mol. The summed E-state index contributed by atoms with van der Waals surface area (Å²) >= 11 is 4.36. The van der Waals surface area contributed by atoms with Crippen LogP contribution < -0.4 is 5.32 Å². The highest BCUT2D eigenvalue weighted by Crippen LogP contribution is 2.28. The largest absolute Gasteiger partial charge is 0.321 e. The van der Waals surface area contributed by atoms with Crippen LogP contribution in [0.1, 0.15) is 29.4 Å². The molecule has 0 saturated carbocycles. The maximum absolute atomic E-state index is 12.7. The van der Waals surface area contributed by atoms with Crippen LogP contribution in [-0.4, -0.2) is 31.7 Å². The topological polar surface area (TPSA) is 66.5 Å². The highest BCUT2D eigenvalue weighted by molar-refractivity contribution is 9.10. The highest BCUT2D eigenvalue weighted by Gasteiger charge is 2.29. The molecule has 1 amide bonds. The molecule has 0 spiro atoms. The van der Waals surface area contributed by atoms with E-state index >= 15 is 0 Å². The molecule has 0 radical (unpaired) electrons. The zero-order valence-electron chi connectivity index (χ0n) is 13.7. The number of carbonyl (C=O) groups is 1. The van der Waals surface area contributed by atoms with E-state index < -0.39 is 10.0 Å². The number of hydrogen-bond acceptors (Lipinski definition) is 4. The fourth-order valence-electron chi connectivity index (χ4n) is 2.66. The van der Waals surface area contributed by atoms with Gasteiger partial charge >= 0.3 is 0 Å². The van der Waals surface area contributed by atoms with E-state index in [0.29, 0.717) is 29.6 Å². The Balaban J connectivity index is 1.73. The Morgan fingerprint density at radius 1 is 1.16 bits per heavy atom. The van der Waals surface area contributed by atoms with Crippen molar-refractivity contribution in [3.05, 3.63) is 45.7 Å². The predicted molar refractivity (Wildman–Crippen MR) is 104 cm³/mol. The van der Waals surface area contributed by atoms with Crippen molar-refractivity contribution >= 4 is 48.9 Å². The summed E-state index contributed by atoms with van der Waals surface area (Å²) in [5, 5.41) is 2.78. The Labute approximate surface area is 160 Å². The van der Waals surface area contributed by atoms with E-state index in [1.807, 2.05) is 12.1 Å². The van der Waals surface area contributed by atoms with Crippen LogP contribution in [0.5, 0.6) is 0 Å². The van der Waals surface area contributed by atoms with Gasteiger partial charge in [-0.25, -0.2) is 8.42 Å². The van der Waals surface area contributed by atoms with E-state index in [9.17, 15) is 13.2 Å². The van der Waals surface area contributed by atoms with Gasteiger partial charge in [-0.2, -0.15) is 4.31 Å². The summed E-state index contributed by atoms with van der Waals surface area (Å²) < 4.78 is 28.1. The molecule has 1 aromatic heterocycles. The molecule has 0 aliphatic carbocycles. The predicted octanol–water partition coefficient (Wildman–Crippen LogP) is 4.18. The molecule has 1 aliphatic rings. The normalized spacial score (nSPS) is 16.7. The van der Waals surface area contributed by atoms with E-state index in [1.165, 1.54) is 10.4 Å². The number of anilines is 1. The Morgan fingerprint density at radius 3 is 2.44 bits per heavy atom. The molecule has 1 N–H and O–H groups in total. The number of amides is 1. The van der Waals surface area contributed by atoms with Gasteiger partial charge in [-0.15, -0.1) is 11.3 Å². The van der Waals surface area contributed by atoms with Gasteiger partial charge in [-0.3, -0.25) is 4.79 Å². The molecule has 0 unspecified atom stereocenters. The minimum Gasteiger partial charge on any atom is -0.321 e. The van der Waals surface area contributed by atoms with Crippen molar-refractivity contribution in [2.24, 2.45) is 5.92 Å². The van der Waals surface area contributed by atoms with Crippen molar-refractivity contribution in [3.8, 4) is 0 Å². The molecule has 1 fully saturated rings. The van der Waals surface area contributed by atoms with Crippen molar-refractivity contribution < 1.29 is 13.2 Å². The van der Waals surface area contributed by atoms with Crippen molar-refractivity contribution in [1.29, 1.82) is 0 Å². The van der Waals surface area contributed by atoms with Crippen LogP contribution >= 0.6 is 27.3 Å². The lowest BCUT2D eigenvalue weighted by molar-refractivity contribution is 0.103. The van der Waals surface area contributed by atoms with Crippen molar-refractivity contribution in [1.82, 2.24) is 4.31 Å². The van der Waals surface area contributed by atoms with Gasteiger partial charge in [0.25, 0.3) is 15.9 Å². The molecule has 2 heterocycles. The molecule has 1 aromatic carbocycles. The van der Waals surface area contributed by atoms with E-state index in [-0.39, 0.29) is 10.1 Å². The maximum atomic E-state index is 12.7. The molecular weight excluding hydrogens is 424 g/mol. The highest BCUT2D eigenvalue weighted by atomic mass is 79.9. The summed E-state index contributed by atoms with van der Waals surface area (Å²) in [5.41, 5.74) is 0.663. The Hall–Kier alpha value is -1.22. The molecule has 5 nitrogen and oxygen atoms in total. The number of benzene rings is 1. The minimum absolute atomic E-state index is 0.225. The maximum Gasteiger partial charge on any atom is 0.265 e. The zero-order chi connectivity index (χ0) is 18.0. The van der Waals surface area contributed by atoms with Gasteiger partial charge in [0.2, 0.25) is 0 Å². The van der Waals surface area contributed by atoms with Crippen molar-refractivity contribution in [2.45, 2.75) is 24.0 Å². The number of halogens is 1. The third kappa shape index (κ3) is 4.31. The SMILES string of the molecule is CC1CCN(S(=O)(=O)c2ccc(C(=O)Nc3ccc(Br)cc3)s2)CC1. The molecule has 0 bridgehead atoms. The standard InChI is InChI=1S/C17H19BrN2O3S2/c1-12-8-10-20(11-9-12)25(22,23)16-7-6-15(24-16)17(21)19-14-4-2-13(18)3-5-14/h2-7,12H,8-11H2,1H3,(H,19,21). The Morgan fingerprint density at radius 2 is 1.80 bits per heavy atom. The van der Waals surface area contributed by atoms with Crippen molar-refractivity contribution in [2.75, 3.05) is 18.4 Å². The summed E-state index contributed by atoms with van der Waals surface area (Å²) in [5.74, 6) is 0.253. The second kappa shape index (κ2) is 7.57. The van der Waals surface area contributed by atoms with Crippen LogP contribution in [0.4, 0.5) is 5.69 Å². The fraction of sp³-hybridized carbons (Fsp3) is 0.353. The third-order valence-corrected chi connectivity index (χ3v) is 8.22. The number of piperidine rings is 1. The quantitative estimate of drug-likeness (QED) is 0.771. The van der Waals surface area contributed by atoms with Crippen LogP contribution in [0.2, 0.25) is 0 Å². The molecule has 8 heteroatoms. The van der Waals surface area contributed by atoms with E-state index in [2.05, 4.69) is 28.2 Å². The Kier molecular flexibility index (Phi) is 5.62. The number of sulfonamides is 1. The molecule has 134 valence electrons. The van der Waals surface area contributed by atoms with Gasteiger partial charge in [0, 0.05) is 23.2 Å². The van der Waals surface area contributed by atoms with Crippen LogP contribution in [0.25, 0.3) is 0 Å². The summed E-state index contributed by atoms with van der Waals surface area (Å²) in [6.07, 6.45) is 1.75. The first kappa shape index (κ1) is 18.6. The van der Waals surface area contributed by atoms with Crippen LogP contribution in [0.15, 0.2) is 45.1 Å². The molecule has 1 saturated heterocycles. The average molecular weight is 443 g/mol. The summed E-state index contributed by atoms with van der Waals surface area (Å²) in [4.78, 5) is 12.7. The molecule has 0 atom stereocenters. The first-order valence-corrected chi connectivity index (χ1v) is 11.1. The minimum atomic E-state index is -3.51. The molecule has 3 rings (SSSR count). The summed E-state index contributed by atoms with van der Waals surface area (Å²) in [6, 6.07) is 10.3. The second-order valence-electron chi connectivity index (χ2n) is 6.17. The number of thiophene rings is 1. The third-order valence-electron chi connectivity index (χ3n) is 4.24. The van der Waals surface area contributed by atoms with Crippen LogP contribution in [-0.2, 0) is 10.0 Å². The number of nitrogens with one attached hydrogen (secondary N) is 1. The van der Waals surface area contributed by atoms with Crippen LogP contribution in [0, 0.1) is 5.92 Å². The average Bonchev–Trinajstić information content (AvgIpc) is 3.08. The van der Waals surface area contributed by atoms with Gasteiger partial charge in [-0.1, -0.05) is 22.9 Å². The first-order valence-electron chi connectivity index (χ1n) is 8.03. The van der Waals surface area contributed by atoms with Gasteiger partial charge in [0.1, 0.15) is 4.21 Å². The summed E-state index contributed by atoms with van der Waals surface area (Å²) in [6.45, 7) is 3.23. The van der Waals surface area contributed by atoms with Gasteiger partial charge < -0.3 is 5.32 Å². The first-order chi connectivity index (χ1) is 11.9. The van der Waals surface area contributed by atoms with Crippen LogP contribution in [0.3, 0.4) is 0 Å². The molecule has 1 aliphatic heterocycles. The van der Waals surface area contributed by atoms with E-state index in [1.54, 1.807) is 18.2 Å². The van der Waals surface area contributed by atoms with Gasteiger partial charge in [0.15, 0.2) is 0 Å². The summed E-state index contributed by atoms with van der Waals surface area (Å²) in [7, 11) is -3.51. The molecule has 2 aromatic rings. The lowest BCUT2D eigenvalue weighted by atomic mass is 10.0. The number of hydrogen-bond donors (Lipinski definition) is 1. The lowest BCUT2D eigenvalue weighted by Crippen LogP contribution is -2.37. The van der Waals surface area contributed by atoms with E-state index in [4.69, 9.17) is 0 Å². The smallest absolute Gasteiger partial charge is 0.265 e. The van der Waals surface area contributed by atoms with Crippen molar-refractivity contribution in [3.63, 3.8) is 0 Å². The van der Waals surface area contributed by atoms with Gasteiger partial charge in [0.05, 0.1) is 4.88 Å². The molecular formula is C17H19BrN2O3S2. The molecule has 25 heavy (non-hydrogen) atoms. The zero-order valence-corrected chi connectivity index (χ0v) is 17.0. The second-order valence-corrected chi connectivity index (χ2v) is 10.3. The number of nitrogens with zero attached hydrogens (tertiary/aromatic N) is 1. The van der Waals surface area contributed by atoms with E-state index in [0.717, 1.165) is 28.7 Å². The fourth-order valence-corrected chi connectivity index (χ4v) is 5.75. The lowest BCUT2D eigenvalue weighted by Gasteiger charge is -2.28. The Bertz CT molecular complexity index is 854. The number of rotatable bonds is 4.